The van der Waals surface area contributed by atoms with Gasteiger partial charge >= 0.3 is 0 Å². The van der Waals surface area contributed by atoms with Crippen LogP contribution in [0.25, 0.3) is 0 Å². The van der Waals surface area contributed by atoms with Crippen LogP contribution in [-0.4, -0.2) is 0 Å². The minimum atomic E-state index is 1.09. The van der Waals surface area contributed by atoms with Crippen molar-refractivity contribution in [2.24, 2.45) is 0 Å². The highest BCUT2D eigenvalue weighted by molar-refractivity contribution is 5.45. The predicted molar refractivity (Wildman–Crippen MR) is 58.8 cm³/mol. The molecule has 0 aliphatic carbocycles. The Hall–Kier alpha value is -1.04. The molecule has 0 aliphatic heterocycles. The predicted octanol–water partition coefficient (Wildman–Crippen LogP) is 3.69. The van der Waals surface area contributed by atoms with E-state index in [2.05, 4.69) is 45.5 Å². The van der Waals surface area contributed by atoms with Crippen LogP contribution < -0.4 is 0 Å². The van der Waals surface area contributed by atoms with Gasteiger partial charge in [-0.05, 0) is 30.0 Å². The second-order valence-electron chi connectivity index (χ2n) is 3.34. The van der Waals surface area contributed by atoms with E-state index in [1.54, 1.807) is 0 Å². The van der Waals surface area contributed by atoms with Crippen LogP contribution in [0.4, 0.5) is 0 Å². The fourth-order valence-corrected chi connectivity index (χ4v) is 1.65. The first-order chi connectivity index (χ1) is 6.20. The van der Waals surface area contributed by atoms with Gasteiger partial charge in [0.2, 0.25) is 0 Å². The largest absolute Gasteiger partial charge is 0.102 e. The zero-order valence-electron chi connectivity index (χ0n) is 8.72. The lowest BCUT2D eigenvalue weighted by Crippen LogP contribution is -1.98. The fraction of sp³-hybridized carbons (Fsp3) is 0.308. The number of allylic oxidation sites excluding steroid dienone is 1. The van der Waals surface area contributed by atoms with Crippen molar-refractivity contribution in [3.63, 3.8) is 0 Å². The number of aryl methyl sites for hydroxylation is 1. The average Bonchev–Trinajstić information content (AvgIpc) is 2.16. The van der Waals surface area contributed by atoms with Crippen molar-refractivity contribution in [1.82, 2.24) is 0 Å². The summed E-state index contributed by atoms with van der Waals surface area (Å²) >= 11 is 0. The van der Waals surface area contributed by atoms with Crippen molar-refractivity contribution in [2.75, 3.05) is 0 Å². The Balaban J connectivity index is 3.19. The van der Waals surface area contributed by atoms with E-state index in [-0.39, 0.29) is 0 Å². The van der Waals surface area contributed by atoms with Crippen LogP contribution in [-0.2, 0) is 6.42 Å². The first-order valence-electron chi connectivity index (χ1n) is 4.75. The molecule has 0 heterocycles. The second kappa shape index (κ2) is 4.27. The van der Waals surface area contributed by atoms with E-state index in [4.69, 9.17) is 0 Å². The van der Waals surface area contributed by atoms with Crippen molar-refractivity contribution in [3.8, 4) is 0 Å². The van der Waals surface area contributed by atoms with Gasteiger partial charge in [0.25, 0.3) is 0 Å². The highest BCUT2D eigenvalue weighted by Gasteiger charge is 2.07. The minimum absolute atomic E-state index is 1.09. The standard InChI is InChI=1S/C13H17/c1-5-10(3)13-9-7-8-11(4)12(13)6-2/h5,7-9H,1,6H2,2-4H3. The van der Waals surface area contributed by atoms with Crippen LogP contribution in [0, 0.1) is 12.8 Å². The van der Waals surface area contributed by atoms with Crippen molar-refractivity contribution in [1.29, 1.82) is 0 Å². The van der Waals surface area contributed by atoms with Gasteiger partial charge in [0.1, 0.15) is 0 Å². The Kier molecular flexibility index (Phi) is 3.30. The summed E-state index contributed by atoms with van der Waals surface area (Å²) in [6, 6.07) is 6.44. The zero-order valence-corrected chi connectivity index (χ0v) is 8.72. The summed E-state index contributed by atoms with van der Waals surface area (Å²) < 4.78 is 0. The zero-order chi connectivity index (χ0) is 9.84. The summed E-state index contributed by atoms with van der Waals surface area (Å²) in [5.74, 6) is 1.26. The topological polar surface area (TPSA) is 0 Å². The molecule has 1 aromatic rings. The third-order valence-corrected chi connectivity index (χ3v) is 2.49. The smallest absolute Gasteiger partial charge is 0.0233 e. The van der Waals surface area contributed by atoms with E-state index < -0.39 is 0 Å². The average molecular weight is 173 g/mol. The summed E-state index contributed by atoms with van der Waals surface area (Å²) in [5.41, 5.74) is 4.17. The molecule has 0 spiro atoms. The van der Waals surface area contributed by atoms with E-state index in [1.165, 1.54) is 22.6 Å². The Labute approximate surface area is 81.3 Å². The van der Waals surface area contributed by atoms with E-state index in [0.717, 1.165) is 6.42 Å². The van der Waals surface area contributed by atoms with Gasteiger partial charge in [-0.2, -0.15) is 0 Å². The Bertz CT molecular complexity index is 297. The second-order valence-corrected chi connectivity index (χ2v) is 3.34. The molecule has 0 nitrogen and oxygen atoms in total. The molecule has 0 saturated heterocycles. The van der Waals surface area contributed by atoms with Gasteiger partial charge in [0, 0.05) is 5.92 Å². The lowest BCUT2D eigenvalue weighted by atomic mass is 9.91. The van der Waals surface area contributed by atoms with Gasteiger partial charge < -0.3 is 0 Å². The van der Waals surface area contributed by atoms with E-state index in [0.29, 0.717) is 0 Å². The molecule has 0 N–H and O–H groups in total. The summed E-state index contributed by atoms with van der Waals surface area (Å²) in [5, 5.41) is 0. The van der Waals surface area contributed by atoms with Gasteiger partial charge in [-0.15, -0.1) is 6.58 Å². The van der Waals surface area contributed by atoms with Crippen molar-refractivity contribution < 1.29 is 0 Å². The van der Waals surface area contributed by atoms with E-state index in [1.807, 2.05) is 6.08 Å². The Morgan fingerprint density at radius 2 is 2.15 bits per heavy atom. The van der Waals surface area contributed by atoms with Crippen LogP contribution in [0.2, 0.25) is 0 Å². The van der Waals surface area contributed by atoms with Crippen molar-refractivity contribution >= 4 is 0 Å². The fourth-order valence-electron chi connectivity index (χ4n) is 1.65. The number of rotatable bonds is 3. The SMILES string of the molecule is C=C[C](C)c1cccc(C)c1CC. The van der Waals surface area contributed by atoms with Crippen molar-refractivity contribution in [2.45, 2.75) is 27.2 Å². The van der Waals surface area contributed by atoms with Crippen LogP contribution in [0.15, 0.2) is 30.9 Å². The quantitative estimate of drug-likeness (QED) is 0.654. The molecule has 0 aromatic heterocycles. The van der Waals surface area contributed by atoms with Crippen LogP contribution >= 0.6 is 0 Å². The first kappa shape index (κ1) is 10.0. The Morgan fingerprint density at radius 1 is 1.46 bits per heavy atom. The highest BCUT2D eigenvalue weighted by Crippen LogP contribution is 2.22. The van der Waals surface area contributed by atoms with Gasteiger partial charge in [-0.3, -0.25) is 0 Å². The van der Waals surface area contributed by atoms with Crippen molar-refractivity contribution in [3.05, 3.63) is 53.5 Å². The third kappa shape index (κ3) is 2.00. The van der Waals surface area contributed by atoms with Crippen LogP contribution in [0.5, 0.6) is 0 Å². The highest BCUT2D eigenvalue weighted by atomic mass is 14.1. The van der Waals surface area contributed by atoms with Crippen LogP contribution in [0.3, 0.4) is 0 Å². The summed E-state index contributed by atoms with van der Waals surface area (Å²) in [4.78, 5) is 0. The summed E-state index contributed by atoms with van der Waals surface area (Å²) in [6.45, 7) is 10.3. The molecular formula is C13H17. The van der Waals surface area contributed by atoms with E-state index in [9.17, 15) is 0 Å². The maximum absolute atomic E-state index is 3.81. The Morgan fingerprint density at radius 3 is 2.69 bits per heavy atom. The molecule has 69 valence electrons. The molecule has 0 unspecified atom stereocenters. The molecular weight excluding hydrogens is 156 g/mol. The van der Waals surface area contributed by atoms with Gasteiger partial charge in [-0.25, -0.2) is 0 Å². The molecule has 1 aromatic carbocycles. The first-order valence-corrected chi connectivity index (χ1v) is 4.75. The van der Waals surface area contributed by atoms with E-state index >= 15 is 0 Å². The normalized spacial score (nSPS) is 10.5. The molecule has 1 rings (SSSR count). The van der Waals surface area contributed by atoms with Gasteiger partial charge in [-0.1, -0.05) is 38.1 Å². The molecule has 13 heavy (non-hydrogen) atoms. The molecule has 0 aliphatic rings. The summed E-state index contributed by atoms with van der Waals surface area (Å²) in [7, 11) is 0. The van der Waals surface area contributed by atoms with Gasteiger partial charge in [0.05, 0.1) is 0 Å². The van der Waals surface area contributed by atoms with Crippen LogP contribution in [0.1, 0.15) is 30.5 Å². The molecule has 0 bridgehead atoms. The maximum Gasteiger partial charge on any atom is 0.0233 e. The minimum Gasteiger partial charge on any atom is -0.102 e. The maximum atomic E-state index is 3.81. The number of hydrogen-bond donors (Lipinski definition) is 0. The molecule has 0 atom stereocenters. The number of hydrogen-bond acceptors (Lipinski definition) is 0. The summed E-state index contributed by atoms with van der Waals surface area (Å²) in [6.07, 6.45) is 3.01. The molecule has 0 fully saturated rings. The molecule has 0 heteroatoms. The van der Waals surface area contributed by atoms with Gasteiger partial charge in [0.15, 0.2) is 0 Å². The lowest BCUT2D eigenvalue weighted by Gasteiger charge is -2.13. The number of benzene rings is 1. The lowest BCUT2D eigenvalue weighted by molar-refractivity contribution is 1.06. The molecule has 1 radical (unpaired) electrons. The molecule has 0 amide bonds. The third-order valence-electron chi connectivity index (χ3n) is 2.49. The molecule has 0 saturated carbocycles. The monoisotopic (exact) mass is 173 g/mol.